The number of hydrogen-bond donors (Lipinski definition) is 2. The second-order valence-corrected chi connectivity index (χ2v) is 5.19. The Balaban J connectivity index is 1.83. The van der Waals surface area contributed by atoms with E-state index in [0.29, 0.717) is 13.1 Å². The molecule has 0 radical (unpaired) electrons. The van der Waals surface area contributed by atoms with E-state index >= 15 is 0 Å². The van der Waals surface area contributed by atoms with Gasteiger partial charge in [0.1, 0.15) is 11.6 Å². The Bertz CT molecular complexity index is 662. The predicted octanol–water partition coefficient (Wildman–Crippen LogP) is 3.02. The van der Waals surface area contributed by atoms with Crippen molar-refractivity contribution in [2.45, 2.75) is 12.6 Å². The molecule has 6 heteroatoms. The lowest BCUT2D eigenvalue weighted by atomic mass is 10.1. The number of methoxy groups -OCH3 is 2. The first-order valence-electron chi connectivity index (χ1n) is 7.55. The molecule has 0 heterocycles. The van der Waals surface area contributed by atoms with Crippen LogP contribution < -0.4 is 15.4 Å². The lowest BCUT2D eigenvalue weighted by molar-refractivity contribution is 0.104. The van der Waals surface area contributed by atoms with E-state index in [9.17, 15) is 9.18 Å². The normalized spacial score (nSPS) is 11.6. The van der Waals surface area contributed by atoms with Crippen LogP contribution in [0.3, 0.4) is 0 Å². The Hall–Kier alpha value is -2.60. The summed E-state index contributed by atoms with van der Waals surface area (Å²) >= 11 is 0. The first-order chi connectivity index (χ1) is 11.6. The molecular formula is C18H21FN2O3. The molecule has 0 saturated heterocycles. The van der Waals surface area contributed by atoms with Crippen LogP contribution >= 0.6 is 0 Å². The summed E-state index contributed by atoms with van der Waals surface area (Å²) in [6.45, 7) is 0.641. The zero-order chi connectivity index (χ0) is 17.4. The third-order valence-electron chi connectivity index (χ3n) is 3.56. The average Bonchev–Trinajstić information content (AvgIpc) is 2.62. The molecule has 0 saturated carbocycles. The molecule has 5 nitrogen and oxygen atoms in total. The number of hydrogen-bond acceptors (Lipinski definition) is 3. The molecule has 0 aromatic heterocycles. The molecule has 1 atom stereocenters. The summed E-state index contributed by atoms with van der Waals surface area (Å²) in [6.07, 6.45) is -0.281. The van der Waals surface area contributed by atoms with Crippen LogP contribution in [0.2, 0.25) is 0 Å². The lowest BCUT2D eigenvalue weighted by Crippen LogP contribution is -2.37. The second kappa shape index (κ2) is 8.88. The van der Waals surface area contributed by atoms with Crippen molar-refractivity contribution in [2.24, 2.45) is 0 Å². The number of ether oxygens (including phenoxy) is 2. The topological polar surface area (TPSA) is 59.6 Å². The molecule has 128 valence electrons. The molecule has 2 N–H and O–H groups in total. The number of carbonyl (C=O) groups is 1. The molecule has 0 fully saturated rings. The van der Waals surface area contributed by atoms with Gasteiger partial charge < -0.3 is 20.1 Å². The van der Waals surface area contributed by atoms with Gasteiger partial charge in [0.25, 0.3) is 0 Å². The van der Waals surface area contributed by atoms with E-state index in [0.717, 1.165) is 16.9 Å². The minimum absolute atomic E-state index is 0.281. The van der Waals surface area contributed by atoms with Crippen molar-refractivity contribution in [3.05, 3.63) is 65.5 Å². The molecule has 0 aliphatic carbocycles. The number of amides is 2. The summed E-state index contributed by atoms with van der Waals surface area (Å²) in [5.41, 5.74) is 1.73. The van der Waals surface area contributed by atoms with Gasteiger partial charge in [-0.2, -0.15) is 0 Å². The van der Waals surface area contributed by atoms with Crippen LogP contribution in [0.25, 0.3) is 0 Å². The summed E-state index contributed by atoms with van der Waals surface area (Å²) in [4.78, 5) is 11.9. The summed E-state index contributed by atoms with van der Waals surface area (Å²) in [7, 11) is 3.18. The molecule has 0 bridgehead atoms. The number of nitrogens with one attached hydrogen (secondary N) is 2. The van der Waals surface area contributed by atoms with Gasteiger partial charge in [0.05, 0.1) is 13.2 Å². The number of rotatable bonds is 7. The van der Waals surface area contributed by atoms with Crippen LogP contribution in [-0.4, -0.2) is 26.8 Å². The van der Waals surface area contributed by atoms with Crippen molar-refractivity contribution < 1.29 is 18.7 Å². The van der Waals surface area contributed by atoms with E-state index in [2.05, 4.69) is 10.6 Å². The number of urea groups is 1. The van der Waals surface area contributed by atoms with Gasteiger partial charge in [-0.05, 0) is 35.4 Å². The molecule has 24 heavy (non-hydrogen) atoms. The standard InChI is InChI=1S/C18H21FN2O3/c1-23-16-5-3-4-14(10-16)17(24-2)12-21-18(22)20-11-13-6-8-15(19)9-7-13/h3-10,17H,11-12H2,1-2H3,(H2,20,21,22)/t17-/m1/s1. The van der Waals surface area contributed by atoms with Crippen molar-refractivity contribution >= 4 is 6.03 Å². The van der Waals surface area contributed by atoms with Gasteiger partial charge >= 0.3 is 6.03 Å². The van der Waals surface area contributed by atoms with Crippen LogP contribution in [0.1, 0.15) is 17.2 Å². The van der Waals surface area contributed by atoms with E-state index in [1.54, 1.807) is 26.4 Å². The largest absolute Gasteiger partial charge is 0.497 e. The van der Waals surface area contributed by atoms with E-state index in [1.807, 2.05) is 24.3 Å². The molecule has 0 spiro atoms. The van der Waals surface area contributed by atoms with Crippen molar-refractivity contribution in [1.29, 1.82) is 0 Å². The Morgan fingerprint density at radius 1 is 1.12 bits per heavy atom. The third kappa shape index (κ3) is 5.24. The third-order valence-corrected chi connectivity index (χ3v) is 3.56. The maximum absolute atomic E-state index is 12.8. The molecule has 2 rings (SSSR count). The van der Waals surface area contributed by atoms with E-state index in [4.69, 9.17) is 9.47 Å². The van der Waals surface area contributed by atoms with Gasteiger partial charge in [-0.25, -0.2) is 9.18 Å². The second-order valence-electron chi connectivity index (χ2n) is 5.19. The first-order valence-corrected chi connectivity index (χ1v) is 7.55. The van der Waals surface area contributed by atoms with Crippen LogP contribution in [0.15, 0.2) is 48.5 Å². The minimum atomic E-state index is -0.315. The quantitative estimate of drug-likeness (QED) is 0.819. The number of carbonyl (C=O) groups excluding carboxylic acids is 1. The highest BCUT2D eigenvalue weighted by Gasteiger charge is 2.12. The van der Waals surface area contributed by atoms with Crippen LogP contribution in [0, 0.1) is 5.82 Å². The molecule has 2 aromatic rings. The fourth-order valence-corrected chi connectivity index (χ4v) is 2.21. The first kappa shape index (κ1) is 17.7. The van der Waals surface area contributed by atoms with Gasteiger partial charge in [-0.3, -0.25) is 0 Å². The van der Waals surface area contributed by atoms with Crippen LogP contribution in [0.4, 0.5) is 9.18 Å². The molecule has 2 aromatic carbocycles. The number of benzene rings is 2. The molecule has 0 unspecified atom stereocenters. The van der Waals surface area contributed by atoms with Crippen molar-refractivity contribution in [3.8, 4) is 5.75 Å². The Kier molecular flexibility index (Phi) is 6.57. The Labute approximate surface area is 140 Å². The van der Waals surface area contributed by atoms with Crippen LogP contribution in [0.5, 0.6) is 5.75 Å². The zero-order valence-corrected chi connectivity index (χ0v) is 13.7. The highest BCUT2D eigenvalue weighted by atomic mass is 19.1. The predicted molar refractivity (Wildman–Crippen MR) is 89.4 cm³/mol. The fourth-order valence-electron chi connectivity index (χ4n) is 2.21. The summed E-state index contributed by atoms with van der Waals surface area (Å²) in [5.74, 6) is 0.430. The van der Waals surface area contributed by atoms with E-state index in [1.165, 1.54) is 12.1 Å². The van der Waals surface area contributed by atoms with Gasteiger partial charge in [0, 0.05) is 20.2 Å². The van der Waals surface area contributed by atoms with Gasteiger partial charge in [-0.1, -0.05) is 24.3 Å². The maximum atomic E-state index is 12.8. The Morgan fingerprint density at radius 3 is 2.54 bits per heavy atom. The van der Waals surface area contributed by atoms with Crippen molar-refractivity contribution in [3.63, 3.8) is 0 Å². The zero-order valence-electron chi connectivity index (χ0n) is 13.7. The molecule has 0 aliphatic rings. The summed E-state index contributed by atoms with van der Waals surface area (Å²) in [6, 6.07) is 13.2. The van der Waals surface area contributed by atoms with Crippen molar-refractivity contribution in [1.82, 2.24) is 10.6 Å². The minimum Gasteiger partial charge on any atom is -0.497 e. The lowest BCUT2D eigenvalue weighted by Gasteiger charge is -2.17. The van der Waals surface area contributed by atoms with Gasteiger partial charge in [0.15, 0.2) is 0 Å². The maximum Gasteiger partial charge on any atom is 0.315 e. The highest BCUT2D eigenvalue weighted by Crippen LogP contribution is 2.20. The molecular weight excluding hydrogens is 311 g/mol. The average molecular weight is 332 g/mol. The van der Waals surface area contributed by atoms with Crippen LogP contribution in [-0.2, 0) is 11.3 Å². The van der Waals surface area contributed by atoms with E-state index in [-0.39, 0.29) is 18.0 Å². The smallest absolute Gasteiger partial charge is 0.315 e. The van der Waals surface area contributed by atoms with Crippen molar-refractivity contribution in [2.75, 3.05) is 20.8 Å². The number of halogens is 1. The van der Waals surface area contributed by atoms with Gasteiger partial charge in [-0.15, -0.1) is 0 Å². The molecule has 2 amide bonds. The molecule has 0 aliphatic heterocycles. The monoisotopic (exact) mass is 332 g/mol. The Morgan fingerprint density at radius 2 is 1.88 bits per heavy atom. The summed E-state index contributed by atoms with van der Waals surface area (Å²) < 4.78 is 23.4. The highest BCUT2D eigenvalue weighted by molar-refractivity contribution is 5.73. The van der Waals surface area contributed by atoms with E-state index < -0.39 is 0 Å². The summed E-state index contributed by atoms with van der Waals surface area (Å²) in [5, 5.41) is 5.48. The SMILES string of the molecule is COc1cccc([C@@H](CNC(=O)NCc2ccc(F)cc2)OC)c1. The fraction of sp³-hybridized carbons (Fsp3) is 0.278. The van der Waals surface area contributed by atoms with Gasteiger partial charge in [0.2, 0.25) is 0 Å².